The molecule has 36 heavy (non-hydrogen) atoms. The number of thiazole rings is 1. The number of halogens is 8. The molecule has 0 atom stereocenters. The van der Waals surface area contributed by atoms with Crippen LogP contribution in [0.1, 0.15) is 25.9 Å². The number of alkyl halides is 6. The molecule has 4 rings (SSSR count). The third kappa shape index (κ3) is 4.13. The summed E-state index contributed by atoms with van der Waals surface area (Å²) in [6.45, 7) is 0.563. The zero-order chi connectivity index (χ0) is 27.0. The van der Waals surface area contributed by atoms with E-state index in [-0.39, 0.29) is 34.5 Å². The van der Waals surface area contributed by atoms with Crippen LogP contribution in [-0.4, -0.2) is 73.5 Å². The second-order valence-electron chi connectivity index (χ2n) is 8.39. The average Bonchev–Trinajstić information content (AvgIpc) is 3.14. The molecule has 2 fully saturated rings. The number of hydrogen-bond donors (Lipinski definition) is 2. The van der Waals surface area contributed by atoms with Gasteiger partial charge in [-0.15, -0.1) is 11.3 Å². The Labute approximate surface area is 214 Å². The minimum absolute atomic E-state index is 0.229. The van der Waals surface area contributed by atoms with Crippen LogP contribution in [0.2, 0.25) is 10.0 Å². The molecular weight excluding hydrogens is 585 g/mol. The van der Waals surface area contributed by atoms with Crippen molar-refractivity contribution in [3.63, 3.8) is 0 Å². The molecule has 2 saturated heterocycles. The SMILES string of the molecule is O=C(O)c1nc(C(=O)N2CC3(C2)C[S+]([O-])C3)sc1-c1ccc(C(O)(C(F)(F)F)C(F)(F)F)c(Cl)c1Cl. The molecule has 0 aliphatic carbocycles. The monoisotopic (exact) mass is 596 g/mol. The number of rotatable bonds is 4. The molecule has 2 aromatic rings. The van der Waals surface area contributed by atoms with Gasteiger partial charge in [0.1, 0.15) is 11.5 Å². The number of carboxylic acids is 1. The number of aromatic nitrogens is 1. The maximum Gasteiger partial charge on any atom is 0.430 e. The highest BCUT2D eigenvalue weighted by Gasteiger charge is 2.72. The van der Waals surface area contributed by atoms with Gasteiger partial charge in [-0.25, -0.2) is 9.78 Å². The van der Waals surface area contributed by atoms with Crippen LogP contribution in [0.25, 0.3) is 10.4 Å². The fourth-order valence-corrected chi connectivity index (χ4v) is 7.39. The molecule has 0 saturated carbocycles. The average molecular weight is 597 g/mol. The summed E-state index contributed by atoms with van der Waals surface area (Å²) in [6, 6.07) is 0.857. The lowest BCUT2D eigenvalue weighted by Crippen LogP contribution is -2.69. The van der Waals surface area contributed by atoms with Gasteiger partial charge in [-0.1, -0.05) is 46.5 Å². The maximum atomic E-state index is 13.3. The summed E-state index contributed by atoms with van der Waals surface area (Å²) in [5, 5.41) is 16.6. The lowest BCUT2D eigenvalue weighted by atomic mass is 9.83. The molecular formula is C19H12Cl2F6N2O5S2. The molecule has 1 aromatic carbocycles. The summed E-state index contributed by atoms with van der Waals surface area (Å²) in [5.74, 6) is -1.43. The van der Waals surface area contributed by atoms with E-state index in [1.807, 2.05) is 0 Å². The van der Waals surface area contributed by atoms with Crippen molar-refractivity contribution in [3.05, 3.63) is 38.4 Å². The van der Waals surface area contributed by atoms with Crippen LogP contribution < -0.4 is 0 Å². The number of carboxylic acid groups (broad SMARTS) is 1. The molecule has 1 aromatic heterocycles. The van der Waals surface area contributed by atoms with Gasteiger partial charge in [-0.3, -0.25) is 4.79 Å². The minimum atomic E-state index is -6.22. The number of benzene rings is 1. The number of aromatic carboxylic acids is 1. The third-order valence-electron chi connectivity index (χ3n) is 5.82. The standard InChI is InChI=1S/C19H12Cl2F6N2O5S2/c20-9-7(1-2-8(10(9)21)17(33,18(22,23)24)19(25,26)27)12-11(15(31)32)28-13(35-12)14(30)29-3-16(4-29)5-36(34)6-16/h1-2,33H,3-6H2,(H,31,32). The molecule has 2 aliphatic rings. The third-order valence-corrected chi connectivity index (χ3v) is 9.65. The molecule has 2 N–H and O–H groups in total. The number of carbonyl (C=O) groups excluding carboxylic acids is 1. The molecule has 2 aliphatic heterocycles. The van der Waals surface area contributed by atoms with Crippen LogP contribution >= 0.6 is 34.5 Å². The van der Waals surface area contributed by atoms with Crippen LogP contribution in [0, 0.1) is 5.41 Å². The van der Waals surface area contributed by atoms with E-state index in [0.29, 0.717) is 28.9 Å². The van der Waals surface area contributed by atoms with E-state index >= 15 is 0 Å². The van der Waals surface area contributed by atoms with Gasteiger partial charge in [0.15, 0.2) is 10.7 Å². The van der Waals surface area contributed by atoms with Crippen LogP contribution in [0.5, 0.6) is 0 Å². The van der Waals surface area contributed by atoms with Crippen molar-refractivity contribution in [1.29, 1.82) is 0 Å². The van der Waals surface area contributed by atoms with Gasteiger partial charge in [-0.05, 0) is 0 Å². The molecule has 0 unspecified atom stereocenters. The fraction of sp³-hybridized carbons (Fsp3) is 0.421. The zero-order valence-electron chi connectivity index (χ0n) is 17.3. The van der Waals surface area contributed by atoms with E-state index in [1.54, 1.807) is 0 Å². The molecule has 196 valence electrons. The zero-order valence-corrected chi connectivity index (χ0v) is 20.5. The number of hydrogen-bond acceptors (Lipinski definition) is 6. The van der Waals surface area contributed by atoms with E-state index in [2.05, 4.69) is 4.98 Å². The number of aliphatic hydroxyl groups is 1. The molecule has 0 radical (unpaired) electrons. The summed E-state index contributed by atoms with van der Waals surface area (Å²) in [4.78, 5) is 29.3. The Morgan fingerprint density at radius 3 is 2.11 bits per heavy atom. The van der Waals surface area contributed by atoms with Gasteiger partial charge in [0, 0.05) is 24.2 Å². The lowest BCUT2D eigenvalue weighted by molar-refractivity contribution is -0.376. The largest absolute Gasteiger partial charge is 0.616 e. The van der Waals surface area contributed by atoms with Crippen molar-refractivity contribution in [2.24, 2.45) is 5.41 Å². The Bertz CT molecular complexity index is 1240. The Morgan fingerprint density at radius 1 is 1.08 bits per heavy atom. The molecule has 3 heterocycles. The Hall–Kier alpha value is -1.78. The van der Waals surface area contributed by atoms with Crippen molar-refractivity contribution in [3.8, 4) is 10.4 Å². The van der Waals surface area contributed by atoms with E-state index < -0.39 is 67.9 Å². The highest BCUT2D eigenvalue weighted by Crippen LogP contribution is 2.54. The smallest absolute Gasteiger partial charge is 0.430 e. The van der Waals surface area contributed by atoms with Crippen LogP contribution in [0.15, 0.2) is 12.1 Å². The molecule has 1 amide bonds. The predicted molar refractivity (Wildman–Crippen MR) is 117 cm³/mol. The lowest BCUT2D eigenvalue weighted by Gasteiger charge is -2.54. The van der Waals surface area contributed by atoms with Crippen molar-refractivity contribution in [2.45, 2.75) is 18.0 Å². The highest BCUT2D eigenvalue weighted by molar-refractivity contribution is 7.92. The van der Waals surface area contributed by atoms with Crippen molar-refractivity contribution in [2.75, 3.05) is 24.6 Å². The normalized spacial score (nSPS) is 18.2. The first-order valence-corrected chi connectivity index (χ1v) is 12.7. The first-order valence-electron chi connectivity index (χ1n) is 9.65. The van der Waals surface area contributed by atoms with E-state index in [1.165, 1.54) is 4.90 Å². The summed E-state index contributed by atoms with van der Waals surface area (Å²) < 4.78 is 91.1. The van der Waals surface area contributed by atoms with Gasteiger partial charge in [0.05, 0.1) is 20.3 Å². The first kappa shape index (κ1) is 27.3. The number of amides is 1. The van der Waals surface area contributed by atoms with Crippen LogP contribution in [-0.2, 0) is 16.8 Å². The van der Waals surface area contributed by atoms with Crippen molar-refractivity contribution in [1.82, 2.24) is 9.88 Å². The number of carbonyl (C=O) groups is 2. The maximum absolute atomic E-state index is 13.3. The Balaban J connectivity index is 1.73. The van der Waals surface area contributed by atoms with Gasteiger partial charge in [-0.2, -0.15) is 26.3 Å². The summed E-state index contributed by atoms with van der Waals surface area (Å²) >= 11 is 11.3. The molecule has 0 bridgehead atoms. The van der Waals surface area contributed by atoms with Crippen molar-refractivity contribution >= 4 is 57.6 Å². The van der Waals surface area contributed by atoms with E-state index in [9.17, 15) is 50.7 Å². The second-order valence-corrected chi connectivity index (χ2v) is 11.6. The van der Waals surface area contributed by atoms with Gasteiger partial charge in [0.2, 0.25) is 0 Å². The van der Waals surface area contributed by atoms with Gasteiger partial charge >= 0.3 is 18.3 Å². The number of likely N-dealkylation sites (tertiary alicyclic amines) is 1. The first-order chi connectivity index (χ1) is 16.4. The van der Waals surface area contributed by atoms with Crippen molar-refractivity contribution < 1.29 is 50.7 Å². The van der Waals surface area contributed by atoms with E-state index in [4.69, 9.17) is 23.2 Å². The molecule has 17 heteroatoms. The van der Waals surface area contributed by atoms with Crippen LogP contribution in [0.4, 0.5) is 26.3 Å². The highest BCUT2D eigenvalue weighted by atomic mass is 35.5. The summed E-state index contributed by atoms with van der Waals surface area (Å²) in [6.07, 6.45) is -12.4. The second kappa shape index (κ2) is 8.63. The van der Waals surface area contributed by atoms with Gasteiger partial charge < -0.3 is 19.7 Å². The summed E-state index contributed by atoms with van der Waals surface area (Å²) in [5.41, 5.74) is -8.55. The molecule has 7 nitrogen and oxygen atoms in total. The Morgan fingerprint density at radius 2 is 1.64 bits per heavy atom. The summed E-state index contributed by atoms with van der Waals surface area (Å²) in [7, 11) is 0. The van der Waals surface area contributed by atoms with E-state index in [0.717, 1.165) is 0 Å². The minimum Gasteiger partial charge on any atom is -0.616 e. The van der Waals surface area contributed by atoms with Gasteiger partial charge in [0.25, 0.3) is 11.5 Å². The fourth-order valence-electron chi connectivity index (χ4n) is 4.08. The van der Waals surface area contributed by atoms with Crippen LogP contribution in [0.3, 0.4) is 0 Å². The topological polar surface area (TPSA) is 114 Å². The Kier molecular flexibility index (Phi) is 6.53. The molecule has 1 spiro atoms. The number of nitrogens with zero attached hydrogens (tertiary/aromatic N) is 2. The quantitative estimate of drug-likeness (QED) is 0.401. The predicted octanol–water partition coefficient (Wildman–Crippen LogP) is 4.33.